The van der Waals surface area contributed by atoms with Crippen LogP contribution in [0.25, 0.3) is 0 Å². The molecule has 1 fully saturated rings. The summed E-state index contributed by atoms with van der Waals surface area (Å²) in [5.41, 5.74) is 4.05. The van der Waals surface area contributed by atoms with Crippen LogP contribution in [-0.4, -0.2) is 43.3 Å². The lowest BCUT2D eigenvalue weighted by molar-refractivity contribution is -0.142. The number of hydrogen-bond acceptors (Lipinski definition) is 7. The molecule has 0 saturated carbocycles. The topological polar surface area (TPSA) is 94.1 Å². The van der Waals surface area contributed by atoms with Gasteiger partial charge in [0.2, 0.25) is 0 Å². The number of phenols is 1. The molecule has 0 bridgehead atoms. The number of methoxy groups -OCH3 is 1. The first-order valence-corrected chi connectivity index (χ1v) is 12.4. The van der Waals surface area contributed by atoms with Crippen molar-refractivity contribution in [2.45, 2.75) is 50.5 Å². The average Bonchev–Trinajstić information content (AvgIpc) is 3.40. The molecular weight excluding hydrogens is 458 g/mol. The van der Waals surface area contributed by atoms with E-state index in [1.54, 1.807) is 25.3 Å². The Morgan fingerprint density at radius 2 is 2.00 bits per heavy atom. The second-order valence-electron chi connectivity index (χ2n) is 9.59. The monoisotopic (exact) mass is 489 g/mol. The first kappa shape index (κ1) is 24.1. The van der Waals surface area contributed by atoms with Crippen LogP contribution in [0.15, 0.2) is 71.1 Å². The van der Waals surface area contributed by atoms with Crippen molar-refractivity contribution in [2.24, 2.45) is 0 Å². The zero-order chi connectivity index (χ0) is 25.2. The summed E-state index contributed by atoms with van der Waals surface area (Å²) in [6.07, 6.45) is 2.62. The van der Waals surface area contributed by atoms with Crippen LogP contribution < -0.4 is 10.1 Å². The number of benzene rings is 2. The summed E-state index contributed by atoms with van der Waals surface area (Å²) in [7, 11) is 1.63. The Morgan fingerprint density at radius 1 is 1.17 bits per heavy atom. The maximum atomic E-state index is 13.7. The molecule has 1 saturated heterocycles. The number of ether oxygens (including phenoxy) is 3. The van der Waals surface area contributed by atoms with Crippen LogP contribution in [0.4, 0.5) is 0 Å². The van der Waals surface area contributed by atoms with Crippen LogP contribution in [0.3, 0.4) is 0 Å². The highest BCUT2D eigenvalue weighted by Gasteiger charge is 2.42. The maximum Gasteiger partial charge on any atom is 0.336 e. The standard InChI is InChI=1S/C29H31NO6/c1-17-26(29(33)36-16-21-9-6-12-35-21)27(18-7-5-8-20(31)13-18)28-23(30-17)14-19(15-24(28)32)22-10-3-4-11-25(22)34-2/h3-5,7-8,10-11,13,19,21,27,30-31H,6,9,12,14-16H2,1-2H3/t19-,21+,27-/m1/s1. The normalized spacial score (nSPS) is 23.8. The molecule has 0 aromatic heterocycles. The number of phenolic OH excluding ortho intramolecular Hbond substituents is 1. The third-order valence-electron chi connectivity index (χ3n) is 7.25. The molecule has 5 rings (SSSR count). The SMILES string of the molecule is COc1ccccc1[C@H]1CC(=O)C2=C(C1)NC(C)=C(C(=O)OC[C@@H]1CCCO1)[C@H]2c1cccc(O)c1. The van der Waals surface area contributed by atoms with E-state index in [4.69, 9.17) is 14.2 Å². The van der Waals surface area contributed by atoms with Crippen molar-refractivity contribution in [1.29, 1.82) is 0 Å². The molecule has 0 unspecified atom stereocenters. The Hall–Kier alpha value is -3.58. The van der Waals surface area contributed by atoms with Crippen LogP contribution in [-0.2, 0) is 19.1 Å². The highest BCUT2D eigenvalue weighted by atomic mass is 16.6. The molecular formula is C29H31NO6. The lowest BCUT2D eigenvalue weighted by Crippen LogP contribution is -2.36. The summed E-state index contributed by atoms with van der Waals surface area (Å²) in [6, 6.07) is 14.5. The number of Topliss-reactive ketones (excluding diaryl/α,β-unsaturated/α-hetero) is 1. The molecule has 2 N–H and O–H groups in total. The lowest BCUT2D eigenvalue weighted by atomic mass is 9.71. The first-order chi connectivity index (χ1) is 17.5. The van der Waals surface area contributed by atoms with E-state index in [-0.39, 0.29) is 30.2 Å². The number of aromatic hydroxyl groups is 1. The van der Waals surface area contributed by atoms with Gasteiger partial charge in [-0.3, -0.25) is 4.79 Å². The van der Waals surface area contributed by atoms with E-state index in [1.807, 2.05) is 37.3 Å². The predicted molar refractivity (Wildman–Crippen MR) is 134 cm³/mol. The van der Waals surface area contributed by atoms with Crippen LogP contribution >= 0.6 is 0 Å². The zero-order valence-corrected chi connectivity index (χ0v) is 20.6. The highest BCUT2D eigenvalue weighted by molar-refractivity contribution is 6.04. The van der Waals surface area contributed by atoms with Crippen LogP contribution in [0.2, 0.25) is 0 Å². The summed E-state index contributed by atoms with van der Waals surface area (Å²) >= 11 is 0. The number of carbonyl (C=O) groups excluding carboxylic acids is 2. The van der Waals surface area contributed by atoms with Gasteiger partial charge >= 0.3 is 5.97 Å². The van der Waals surface area contributed by atoms with Gasteiger partial charge < -0.3 is 24.6 Å². The van der Waals surface area contributed by atoms with Crippen molar-refractivity contribution in [3.8, 4) is 11.5 Å². The van der Waals surface area contributed by atoms with Crippen molar-refractivity contribution in [3.05, 3.63) is 82.2 Å². The number of hydrogen-bond donors (Lipinski definition) is 2. The molecule has 2 heterocycles. The number of ketones is 1. The zero-order valence-electron chi connectivity index (χ0n) is 20.6. The Kier molecular flexibility index (Phi) is 6.83. The van der Waals surface area contributed by atoms with Crippen LogP contribution in [0.1, 0.15) is 55.6 Å². The van der Waals surface area contributed by atoms with Gasteiger partial charge in [-0.1, -0.05) is 30.3 Å². The van der Waals surface area contributed by atoms with E-state index in [2.05, 4.69) is 5.32 Å². The molecule has 0 spiro atoms. The first-order valence-electron chi connectivity index (χ1n) is 12.4. The van der Waals surface area contributed by atoms with Gasteiger partial charge in [0.25, 0.3) is 0 Å². The van der Waals surface area contributed by atoms with Gasteiger partial charge in [0, 0.05) is 41.8 Å². The summed E-state index contributed by atoms with van der Waals surface area (Å²) < 4.78 is 16.8. The molecule has 0 radical (unpaired) electrons. The van der Waals surface area contributed by atoms with Crippen LogP contribution in [0.5, 0.6) is 11.5 Å². The minimum atomic E-state index is -0.628. The second-order valence-corrected chi connectivity index (χ2v) is 9.59. The minimum absolute atomic E-state index is 0.0371. The van der Waals surface area contributed by atoms with Gasteiger partial charge in [-0.05, 0) is 55.5 Å². The van der Waals surface area contributed by atoms with Crippen molar-refractivity contribution in [3.63, 3.8) is 0 Å². The van der Waals surface area contributed by atoms with Gasteiger partial charge in [0.05, 0.1) is 18.8 Å². The number of rotatable bonds is 6. The van der Waals surface area contributed by atoms with E-state index < -0.39 is 11.9 Å². The van der Waals surface area contributed by atoms with Crippen molar-refractivity contribution in [1.82, 2.24) is 5.32 Å². The number of para-hydroxylation sites is 1. The van der Waals surface area contributed by atoms with E-state index in [1.165, 1.54) is 0 Å². The number of dihydropyridines is 1. The molecule has 2 aliphatic heterocycles. The smallest absolute Gasteiger partial charge is 0.336 e. The highest BCUT2D eigenvalue weighted by Crippen LogP contribution is 2.47. The second kappa shape index (κ2) is 10.2. The van der Waals surface area contributed by atoms with Crippen LogP contribution in [0, 0.1) is 0 Å². The molecule has 7 nitrogen and oxygen atoms in total. The van der Waals surface area contributed by atoms with E-state index in [0.717, 1.165) is 29.9 Å². The predicted octanol–water partition coefficient (Wildman–Crippen LogP) is 4.48. The average molecular weight is 490 g/mol. The Morgan fingerprint density at radius 3 is 2.75 bits per heavy atom. The number of nitrogens with one attached hydrogen (secondary N) is 1. The fourth-order valence-corrected chi connectivity index (χ4v) is 5.59. The summed E-state index contributed by atoms with van der Waals surface area (Å²) in [5, 5.41) is 13.6. The molecule has 36 heavy (non-hydrogen) atoms. The number of esters is 1. The molecule has 3 aliphatic rings. The van der Waals surface area contributed by atoms with E-state index in [9.17, 15) is 14.7 Å². The number of allylic oxidation sites excluding steroid dienone is 3. The fraction of sp³-hybridized carbons (Fsp3) is 0.379. The number of carbonyl (C=O) groups is 2. The van der Waals surface area contributed by atoms with Gasteiger partial charge in [-0.25, -0.2) is 4.79 Å². The van der Waals surface area contributed by atoms with Gasteiger partial charge in [-0.15, -0.1) is 0 Å². The minimum Gasteiger partial charge on any atom is -0.508 e. The van der Waals surface area contributed by atoms with Crippen molar-refractivity contribution < 1.29 is 28.9 Å². The largest absolute Gasteiger partial charge is 0.508 e. The third-order valence-corrected chi connectivity index (χ3v) is 7.25. The summed E-state index contributed by atoms with van der Waals surface area (Å²) in [4.78, 5) is 27.1. The maximum absolute atomic E-state index is 13.7. The summed E-state index contributed by atoms with van der Waals surface area (Å²) in [6.45, 7) is 2.69. The summed E-state index contributed by atoms with van der Waals surface area (Å²) in [5.74, 6) is -0.361. The molecule has 2 aromatic carbocycles. The molecule has 188 valence electrons. The van der Waals surface area contributed by atoms with Crippen molar-refractivity contribution in [2.75, 3.05) is 20.3 Å². The molecule has 3 atom stereocenters. The Labute approximate surface area is 210 Å². The Balaban J connectivity index is 1.51. The van der Waals surface area contributed by atoms with E-state index in [0.29, 0.717) is 41.9 Å². The fourth-order valence-electron chi connectivity index (χ4n) is 5.59. The molecule has 0 amide bonds. The molecule has 1 aliphatic carbocycles. The lowest BCUT2D eigenvalue weighted by Gasteiger charge is -2.37. The molecule has 7 heteroatoms. The van der Waals surface area contributed by atoms with Crippen molar-refractivity contribution >= 4 is 11.8 Å². The molecule has 2 aromatic rings. The Bertz CT molecular complexity index is 1240. The quantitative estimate of drug-likeness (QED) is 0.578. The van der Waals surface area contributed by atoms with Gasteiger partial charge in [0.1, 0.15) is 18.1 Å². The van der Waals surface area contributed by atoms with Gasteiger partial charge in [-0.2, -0.15) is 0 Å². The van der Waals surface area contributed by atoms with Gasteiger partial charge in [0.15, 0.2) is 5.78 Å². The van der Waals surface area contributed by atoms with E-state index >= 15 is 0 Å². The third kappa shape index (κ3) is 4.63.